The van der Waals surface area contributed by atoms with Crippen LogP contribution in [-0.2, 0) is 14.2 Å². The lowest BCUT2D eigenvalue weighted by Gasteiger charge is -2.14. The zero-order chi connectivity index (χ0) is 17.9. The summed E-state index contributed by atoms with van der Waals surface area (Å²) in [5, 5.41) is 0. The van der Waals surface area contributed by atoms with Crippen LogP contribution in [0.25, 0.3) is 18.2 Å². The van der Waals surface area contributed by atoms with Crippen LogP contribution in [0.3, 0.4) is 0 Å². The van der Waals surface area contributed by atoms with E-state index in [0.717, 1.165) is 30.1 Å². The van der Waals surface area contributed by atoms with Crippen molar-refractivity contribution in [3.8, 4) is 0 Å². The van der Waals surface area contributed by atoms with Gasteiger partial charge in [0.05, 0.1) is 19.8 Å². The summed E-state index contributed by atoms with van der Waals surface area (Å²) >= 11 is 11.1. The summed E-state index contributed by atoms with van der Waals surface area (Å²) in [7, 11) is 5.02. The highest BCUT2D eigenvalue weighted by Gasteiger charge is 2.16. The molecule has 6 heteroatoms. The van der Waals surface area contributed by atoms with Crippen LogP contribution in [0.5, 0.6) is 0 Å². The maximum Gasteiger partial charge on any atom is 0.0646 e. The van der Waals surface area contributed by atoms with Gasteiger partial charge in [-0.15, -0.1) is 0 Å². The van der Waals surface area contributed by atoms with Crippen molar-refractivity contribution in [3.05, 3.63) is 48.3 Å². The molecule has 1 aromatic rings. The Hall–Kier alpha value is -0.240. The van der Waals surface area contributed by atoms with Crippen molar-refractivity contribution in [3.63, 3.8) is 0 Å². The summed E-state index contributed by atoms with van der Waals surface area (Å²) in [4.78, 5) is 0. The molecule has 0 saturated carbocycles. The first-order valence-electron chi connectivity index (χ1n) is 7.25. The Balaban J connectivity index is 3.46. The Bertz CT molecular complexity index is 516. The van der Waals surface area contributed by atoms with Gasteiger partial charge in [0.15, 0.2) is 0 Å². The van der Waals surface area contributed by atoms with Crippen molar-refractivity contribution in [2.45, 2.75) is 0 Å². The molecule has 1 aromatic carbocycles. The van der Waals surface area contributed by atoms with Gasteiger partial charge in [0.1, 0.15) is 0 Å². The van der Waals surface area contributed by atoms with Crippen LogP contribution < -0.4 is 0 Å². The zero-order valence-electron chi connectivity index (χ0n) is 13.9. The maximum atomic E-state index is 5.10. The molecule has 0 unspecified atom stereocenters. The fourth-order valence-electron chi connectivity index (χ4n) is 1.95. The van der Waals surface area contributed by atoms with Crippen molar-refractivity contribution in [2.75, 3.05) is 41.2 Å². The van der Waals surface area contributed by atoms with Crippen LogP contribution in [0.1, 0.15) is 16.7 Å². The molecule has 24 heavy (non-hydrogen) atoms. The summed E-state index contributed by atoms with van der Waals surface area (Å²) in [5.74, 6) is 0. The number of halogens is 3. The van der Waals surface area contributed by atoms with Crippen LogP contribution in [0, 0.1) is 0 Å². The third-order valence-corrected chi connectivity index (χ3v) is 5.62. The Morgan fingerprint density at radius 2 is 0.833 bits per heavy atom. The fraction of sp³-hybridized carbons (Fsp3) is 0.333. The van der Waals surface area contributed by atoms with Crippen LogP contribution in [0.4, 0.5) is 0 Å². The van der Waals surface area contributed by atoms with Gasteiger partial charge in [-0.1, -0.05) is 36.5 Å². The molecular formula is C18H21Br3O3. The Morgan fingerprint density at radius 1 is 0.583 bits per heavy atom. The third-order valence-electron chi connectivity index (χ3n) is 3.06. The summed E-state index contributed by atoms with van der Waals surface area (Å²) in [6.45, 7) is 1.66. The molecule has 0 radical (unpaired) electrons. The second kappa shape index (κ2) is 12.2. The van der Waals surface area contributed by atoms with E-state index in [0.29, 0.717) is 19.8 Å². The van der Waals surface area contributed by atoms with E-state index < -0.39 is 0 Å². The molecule has 0 fully saturated rings. The van der Waals surface area contributed by atoms with Crippen LogP contribution in [0.2, 0.25) is 0 Å². The second-order valence-electron chi connectivity index (χ2n) is 4.76. The number of hydrogen-bond acceptors (Lipinski definition) is 3. The van der Waals surface area contributed by atoms with Gasteiger partial charge in [0.25, 0.3) is 0 Å². The fourth-order valence-corrected chi connectivity index (χ4v) is 4.73. The lowest BCUT2D eigenvalue weighted by atomic mass is 10.0. The Labute approximate surface area is 169 Å². The molecule has 0 aromatic heterocycles. The van der Waals surface area contributed by atoms with Gasteiger partial charge in [0, 0.05) is 51.4 Å². The summed E-state index contributed by atoms with van der Waals surface area (Å²) < 4.78 is 18.3. The van der Waals surface area contributed by atoms with Crippen molar-refractivity contribution < 1.29 is 14.2 Å². The molecule has 0 aliphatic heterocycles. The molecule has 1 rings (SSSR count). The first-order chi connectivity index (χ1) is 11.6. The van der Waals surface area contributed by atoms with E-state index in [-0.39, 0.29) is 0 Å². The SMILES string of the molecule is COC/C=C/c1c(Br)c(/C=C/COC)c(Br)c(/C=C/COC)c1Br. The van der Waals surface area contributed by atoms with E-state index in [2.05, 4.69) is 47.8 Å². The highest BCUT2D eigenvalue weighted by atomic mass is 79.9. The molecule has 0 spiro atoms. The maximum absolute atomic E-state index is 5.10. The number of rotatable bonds is 9. The minimum Gasteiger partial charge on any atom is -0.381 e. The van der Waals surface area contributed by atoms with Crippen molar-refractivity contribution in [1.29, 1.82) is 0 Å². The molecule has 0 amide bonds. The first kappa shape index (κ1) is 21.8. The summed E-state index contributed by atoms with van der Waals surface area (Å²) in [6.07, 6.45) is 12.0. The molecule has 0 bridgehead atoms. The standard InChI is InChI=1S/C18H21Br3O3/c1-22-10-4-7-13-16(19)14(8-5-11-23-2)18(21)15(17(13)20)9-6-12-24-3/h4-9H,10-12H2,1-3H3/b7-4+,8-5+,9-6+. The highest BCUT2D eigenvalue weighted by molar-refractivity contribution is 9.11. The van der Waals surface area contributed by atoms with Gasteiger partial charge in [0.2, 0.25) is 0 Å². The van der Waals surface area contributed by atoms with Gasteiger partial charge < -0.3 is 14.2 Å². The van der Waals surface area contributed by atoms with E-state index in [1.165, 1.54) is 0 Å². The Kier molecular flexibility index (Phi) is 11.1. The van der Waals surface area contributed by atoms with E-state index in [1.54, 1.807) is 21.3 Å². The zero-order valence-corrected chi connectivity index (χ0v) is 18.7. The predicted molar refractivity (Wildman–Crippen MR) is 112 cm³/mol. The van der Waals surface area contributed by atoms with E-state index in [1.807, 2.05) is 36.5 Å². The molecule has 3 nitrogen and oxygen atoms in total. The third kappa shape index (κ3) is 6.24. The predicted octanol–water partition coefficient (Wildman–Crippen LogP) is 5.95. The number of methoxy groups -OCH3 is 3. The van der Waals surface area contributed by atoms with Gasteiger partial charge in [-0.25, -0.2) is 0 Å². The molecule has 0 aliphatic carbocycles. The van der Waals surface area contributed by atoms with Crippen molar-refractivity contribution in [1.82, 2.24) is 0 Å². The summed E-state index contributed by atoms with van der Waals surface area (Å²) in [6, 6.07) is 0. The van der Waals surface area contributed by atoms with Crippen molar-refractivity contribution in [2.24, 2.45) is 0 Å². The lowest BCUT2D eigenvalue weighted by Crippen LogP contribution is -1.94. The minimum atomic E-state index is 0.554. The molecule has 0 atom stereocenters. The van der Waals surface area contributed by atoms with Gasteiger partial charge in [-0.05, 0) is 47.8 Å². The quantitative estimate of drug-likeness (QED) is 0.399. The second-order valence-corrected chi connectivity index (χ2v) is 7.14. The van der Waals surface area contributed by atoms with Crippen molar-refractivity contribution >= 4 is 66.0 Å². The molecule has 0 aliphatic rings. The number of ether oxygens (including phenoxy) is 3. The normalized spacial score (nSPS) is 12.2. The van der Waals surface area contributed by atoms with E-state index >= 15 is 0 Å². The summed E-state index contributed by atoms with van der Waals surface area (Å²) in [5.41, 5.74) is 3.14. The average Bonchev–Trinajstić information content (AvgIpc) is 2.57. The minimum absolute atomic E-state index is 0.554. The van der Waals surface area contributed by atoms with Crippen LogP contribution in [-0.4, -0.2) is 41.2 Å². The molecule has 0 N–H and O–H groups in total. The largest absolute Gasteiger partial charge is 0.381 e. The topological polar surface area (TPSA) is 27.7 Å². The monoisotopic (exact) mass is 522 g/mol. The van der Waals surface area contributed by atoms with Gasteiger partial charge in [-0.2, -0.15) is 0 Å². The Morgan fingerprint density at radius 3 is 1.04 bits per heavy atom. The molecule has 0 saturated heterocycles. The smallest absolute Gasteiger partial charge is 0.0646 e. The lowest BCUT2D eigenvalue weighted by molar-refractivity contribution is 0.234. The first-order valence-corrected chi connectivity index (χ1v) is 9.63. The van der Waals surface area contributed by atoms with E-state index in [4.69, 9.17) is 14.2 Å². The van der Waals surface area contributed by atoms with Gasteiger partial charge >= 0.3 is 0 Å². The van der Waals surface area contributed by atoms with E-state index in [9.17, 15) is 0 Å². The molecular weight excluding hydrogens is 504 g/mol. The highest BCUT2D eigenvalue weighted by Crippen LogP contribution is 2.41. The van der Waals surface area contributed by atoms with Crippen LogP contribution in [0.15, 0.2) is 31.6 Å². The molecule has 0 heterocycles. The molecule has 132 valence electrons. The van der Waals surface area contributed by atoms with Crippen LogP contribution >= 0.6 is 47.8 Å². The van der Waals surface area contributed by atoms with Gasteiger partial charge in [-0.3, -0.25) is 0 Å². The number of hydrogen-bond donors (Lipinski definition) is 0. The average molecular weight is 525 g/mol. The number of benzene rings is 1.